The van der Waals surface area contributed by atoms with E-state index in [1.807, 2.05) is 0 Å². The summed E-state index contributed by atoms with van der Waals surface area (Å²) in [6.07, 6.45) is 22.8. The number of rotatable bonds is 19. The minimum absolute atomic E-state index is 0.0801. The zero-order valence-electron chi connectivity index (χ0n) is 19.3. The van der Waals surface area contributed by atoms with Crippen molar-refractivity contribution in [2.45, 2.75) is 136 Å². The van der Waals surface area contributed by atoms with Crippen LogP contribution in [0.4, 0.5) is 0 Å². The minimum Gasteiger partial charge on any atom is -0.370 e. The fourth-order valence-electron chi connectivity index (χ4n) is 3.13. The van der Waals surface area contributed by atoms with E-state index in [0.29, 0.717) is 6.42 Å². The molecule has 0 spiro atoms. The lowest BCUT2D eigenvalue weighted by molar-refractivity contribution is -0.119. The van der Waals surface area contributed by atoms with Gasteiger partial charge in [0.15, 0.2) is 0 Å². The quantitative estimate of drug-likeness (QED) is 0.239. The summed E-state index contributed by atoms with van der Waals surface area (Å²) in [5.74, 6) is -0.0745. The molecule has 0 heterocycles. The van der Waals surface area contributed by atoms with Crippen molar-refractivity contribution in [2.75, 3.05) is 6.54 Å². The lowest BCUT2D eigenvalue weighted by Crippen LogP contribution is -2.20. The predicted octanol–water partition coefficient (Wildman–Crippen LogP) is 6.66. The highest BCUT2D eigenvalue weighted by atomic mass is 16.1. The van der Waals surface area contributed by atoms with Crippen LogP contribution in [0.2, 0.25) is 0 Å². The molecular formula is C24H50N2O2. The molecule has 28 heavy (non-hydrogen) atoms. The van der Waals surface area contributed by atoms with Crippen molar-refractivity contribution in [3.05, 3.63) is 0 Å². The van der Waals surface area contributed by atoms with Crippen molar-refractivity contribution >= 4 is 11.8 Å². The van der Waals surface area contributed by atoms with E-state index in [1.54, 1.807) is 6.92 Å². The number of hydrogen-bond donors (Lipinski definition) is 2. The lowest BCUT2D eigenvalue weighted by Gasteiger charge is -2.02. The van der Waals surface area contributed by atoms with Gasteiger partial charge in [0, 0.05) is 19.9 Å². The molecule has 0 aromatic heterocycles. The van der Waals surface area contributed by atoms with Gasteiger partial charge in [-0.3, -0.25) is 9.59 Å². The zero-order chi connectivity index (χ0) is 21.3. The van der Waals surface area contributed by atoms with Crippen LogP contribution in [0.3, 0.4) is 0 Å². The van der Waals surface area contributed by atoms with Gasteiger partial charge in [-0.2, -0.15) is 0 Å². The number of unbranched alkanes of at least 4 members (excludes halogenated alkanes) is 15. The molecule has 0 radical (unpaired) electrons. The molecule has 168 valence electrons. The first-order valence-electron chi connectivity index (χ1n) is 12.1. The monoisotopic (exact) mass is 398 g/mol. The summed E-state index contributed by atoms with van der Waals surface area (Å²) in [5, 5.41) is 2.77. The van der Waals surface area contributed by atoms with Crippen molar-refractivity contribution < 1.29 is 9.59 Å². The Bertz CT molecular complexity index is 333. The Morgan fingerprint density at radius 1 is 0.607 bits per heavy atom. The Hall–Kier alpha value is -1.06. The van der Waals surface area contributed by atoms with Gasteiger partial charge in [0.2, 0.25) is 11.8 Å². The number of nitrogens with two attached hydrogens (primary N) is 1. The Kier molecular flexibility index (Phi) is 27.0. The molecule has 0 atom stereocenters. The SMILES string of the molecule is CCCCCCCCCCCCCCCC(N)=O.CCCCCCNC(C)=O. The van der Waals surface area contributed by atoms with Crippen LogP contribution < -0.4 is 11.1 Å². The molecule has 3 N–H and O–H groups in total. The van der Waals surface area contributed by atoms with Gasteiger partial charge in [0.1, 0.15) is 0 Å². The average Bonchev–Trinajstić information content (AvgIpc) is 2.65. The van der Waals surface area contributed by atoms with E-state index in [1.165, 1.54) is 96.3 Å². The Morgan fingerprint density at radius 3 is 1.32 bits per heavy atom. The summed E-state index contributed by atoms with van der Waals surface area (Å²) in [6.45, 7) is 6.84. The van der Waals surface area contributed by atoms with E-state index in [4.69, 9.17) is 5.73 Å². The van der Waals surface area contributed by atoms with Gasteiger partial charge < -0.3 is 11.1 Å². The van der Waals surface area contributed by atoms with E-state index in [-0.39, 0.29) is 11.8 Å². The molecule has 0 saturated heterocycles. The Labute approximate surface area is 175 Å². The summed E-state index contributed by atoms with van der Waals surface area (Å²) in [4.78, 5) is 20.9. The van der Waals surface area contributed by atoms with E-state index in [2.05, 4.69) is 19.2 Å². The maximum atomic E-state index is 10.5. The van der Waals surface area contributed by atoms with Crippen molar-refractivity contribution in [2.24, 2.45) is 5.73 Å². The first kappa shape index (κ1) is 29.1. The Morgan fingerprint density at radius 2 is 0.964 bits per heavy atom. The van der Waals surface area contributed by atoms with Crippen molar-refractivity contribution in [3.63, 3.8) is 0 Å². The second-order valence-electron chi connectivity index (χ2n) is 8.00. The summed E-state index contributed by atoms with van der Waals surface area (Å²) >= 11 is 0. The molecule has 4 nitrogen and oxygen atoms in total. The van der Waals surface area contributed by atoms with Crippen molar-refractivity contribution in [3.8, 4) is 0 Å². The highest BCUT2D eigenvalue weighted by molar-refractivity contribution is 5.73. The molecule has 0 aliphatic carbocycles. The summed E-state index contributed by atoms with van der Waals surface area (Å²) in [5.41, 5.74) is 5.09. The fourth-order valence-corrected chi connectivity index (χ4v) is 3.13. The van der Waals surface area contributed by atoms with Crippen LogP contribution in [0.1, 0.15) is 136 Å². The van der Waals surface area contributed by atoms with Crippen molar-refractivity contribution in [1.82, 2.24) is 5.32 Å². The topological polar surface area (TPSA) is 72.2 Å². The summed E-state index contributed by atoms with van der Waals surface area (Å²) < 4.78 is 0. The molecule has 0 aromatic carbocycles. The molecule has 0 rings (SSSR count). The third-order valence-corrected chi connectivity index (χ3v) is 4.93. The number of carbonyl (C=O) groups excluding carboxylic acids is 2. The number of carbonyl (C=O) groups is 2. The number of amides is 2. The molecule has 0 bridgehead atoms. The maximum Gasteiger partial charge on any atom is 0.217 e. The van der Waals surface area contributed by atoms with E-state index < -0.39 is 0 Å². The second-order valence-corrected chi connectivity index (χ2v) is 8.00. The summed E-state index contributed by atoms with van der Waals surface area (Å²) in [6, 6.07) is 0. The van der Waals surface area contributed by atoms with E-state index in [0.717, 1.165) is 19.4 Å². The molecule has 0 aromatic rings. The molecule has 0 aliphatic heterocycles. The minimum atomic E-state index is -0.155. The highest BCUT2D eigenvalue weighted by Crippen LogP contribution is 2.12. The molecule has 2 amide bonds. The van der Waals surface area contributed by atoms with Gasteiger partial charge in [-0.25, -0.2) is 0 Å². The number of primary amides is 1. The third-order valence-electron chi connectivity index (χ3n) is 4.93. The normalized spacial score (nSPS) is 10.2. The van der Waals surface area contributed by atoms with Crippen LogP contribution in [0.15, 0.2) is 0 Å². The van der Waals surface area contributed by atoms with Crippen LogP contribution in [-0.2, 0) is 9.59 Å². The third kappa shape index (κ3) is 32.6. The number of hydrogen-bond acceptors (Lipinski definition) is 2. The van der Waals surface area contributed by atoms with Gasteiger partial charge in [-0.1, -0.05) is 110 Å². The Balaban J connectivity index is 0. The van der Waals surface area contributed by atoms with Gasteiger partial charge in [-0.15, -0.1) is 0 Å². The van der Waals surface area contributed by atoms with Crippen molar-refractivity contribution in [1.29, 1.82) is 0 Å². The summed E-state index contributed by atoms with van der Waals surface area (Å²) in [7, 11) is 0. The van der Waals surface area contributed by atoms with Gasteiger partial charge in [0.05, 0.1) is 0 Å². The smallest absolute Gasteiger partial charge is 0.217 e. The molecular weight excluding hydrogens is 348 g/mol. The van der Waals surface area contributed by atoms with Crippen LogP contribution in [-0.4, -0.2) is 18.4 Å². The maximum absolute atomic E-state index is 10.5. The molecule has 0 unspecified atom stereocenters. The largest absolute Gasteiger partial charge is 0.370 e. The molecule has 0 fully saturated rings. The van der Waals surface area contributed by atoms with Crippen LogP contribution >= 0.6 is 0 Å². The van der Waals surface area contributed by atoms with Crippen LogP contribution in [0.5, 0.6) is 0 Å². The predicted molar refractivity (Wildman–Crippen MR) is 122 cm³/mol. The second kappa shape index (κ2) is 25.9. The molecule has 0 aliphatic rings. The number of nitrogens with one attached hydrogen (secondary N) is 1. The zero-order valence-corrected chi connectivity index (χ0v) is 19.3. The average molecular weight is 399 g/mol. The molecule has 0 saturated carbocycles. The van der Waals surface area contributed by atoms with Gasteiger partial charge >= 0.3 is 0 Å². The first-order chi connectivity index (χ1) is 13.5. The van der Waals surface area contributed by atoms with Gasteiger partial charge in [-0.05, 0) is 12.8 Å². The van der Waals surface area contributed by atoms with Gasteiger partial charge in [0.25, 0.3) is 0 Å². The van der Waals surface area contributed by atoms with Crippen LogP contribution in [0.25, 0.3) is 0 Å². The van der Waals surface area contributed by atoms with E-state index >= 15 is 0 Å². The standard InChI is InChI=1S/C16H33NO.C8H17NO/c1-2-3-4-5-6-7-8-9-10-11-12-13-14-15-16(17)18;1-3-4-5-6-7-9-8(2)10/h2-15H2,1H3,(H2,17,18);3-7H2,1-2H3,(H,9,10). The molecule has 4 heteroatoms. The lowest BCUT2D eigenvalue weighted by atomic mass is 10.0. The van der Waals surface area contributed by atoms with E-state index in [9.17, 15) is 9.59 Å². The fraction of sp³-hybridized carbons (Fsp3) is 0.917. The highest BCUT2D eigenvalue weighted by Gasteiger charge is 1.95. The van der Waals surface area contributed by atoms with Crippen LogP contribution in [0, 0.1) is 0 Å². The first-order valence-corrected chi connectivity index (χ1v) is 12.1.